The van der Waals surface area contributed by atoms with Crippen LogP contribution in [0.4, 0.5) is 5.69 Å². The second-order valence-electron chi connectivity index (χ2n) is 5.98. The number of hydrogen-bond acceptors (Lipinski definition) is 3. The molecule has 5 nitrogen and oxygen atoms in total. The van der Waals surface area contributed by atoms with Crippen LogP contribution in [0.5, 0.6) is 0 Å². The van der Waals surface area contributed by atoms with Gasteiger partial charge in [-0.1, -0.05) is 30.3 Å². The highest BCUT2D eigenvalue weighted by Gasteiger charge is 2.30. The summed E-state index contributed by atoms with van der Waals surface area (Å²) in [6, 6.07) is 14.7. The molecule has 0 bridgehead atoms. The van der Waals surface area contributed by atoms with E-state index in [2.05, 4.69) is 10.6 Å². The Hall–Kier alpha value is -2.95. The first-order valence-electron chi connectivity index (χ1n) is 7.82. The summed E-state index contributed by atoms with van der Waals surface area (Å²) in [6.45, 7) is 1.89. The smallest absolute Gasteiger partial charge is 0.255 e. The number of benzene rings is 2. The van der Waals surface area contributed by atoms with Crippen molar-refractivity contribution < 1.29 is 14.4 Å². The minimum atomic E-state index is -0.301. The molecule has 0 saturated carbocycles. The highest BCUT2D eigenvalue weighted by Crippen LogP contribution is 2.19. The molecule has 2 aromatic rings. The number of aryl methyl sites for hydroxylation is 1. The van der Waals surface area contributed by atoms with Crippen LogP contribution >= 0.6 is 0 Å². The maximum absolute atomic E-state index is 12.3. The van der Waals surface area contributed by atoms with Crippen LogP contribution in [0.3, 0.4) is 0 Å². The van der Waals surface area contributed by atoms with Gasteiger partial charge in [0.05, 0.1) is 5.92 Å². The van der Waals surface area contributed by atoms with Crippen molar-refractivity contribution in [1.82, 2.24) is 5.32 Å². The Kier molecular flexibility index (Phi) is 4.42. The third-order valence-corrected chi connectivity index (χ3v) is 4.15. The molecule has 5 heteroatoms. The number of nitrogens with one attached hydrogen (secondary N) is 2. The Morgan fingerprint density at radius 3 is 2.46 bits per heavy atom. The molecule has 0 spiro atoms. The third-order valence-electron chi connectivity index (χ3n) is 4.15. The molecule has 0 aliphatic carbocycles. The second-order valence-corrected chi connectivity index (χ2v) is 5.98. The fourth-order valence-corrected chi connectivity index (χ4v) is 2.81. The lowest BCUT2D eigenvalue weighted by atomic mass is 9.98. The molecule has 122 valence electrons. The fraction of sp³-hybridized carbons (Fsp3) is 0.211. The van der Waals surface area contributed by atoms with Crippen molar-refractivity contribution in [1.29, 1.82) is 0 Å². The first-order chi connectivity index (χ1) is 11.5. The van der Waals surface area contributed by atoms with Crippen molar-refractivity contribution in [3.63, 3.8) is 0 Å². The summed E-state index contributed by atoms with van der Waals surface area (Å²) in [7, 11) is 0. The summed E-state index contributed by atoms with van der Waals surface area (Å²) >= 11 is 0. The van der Waals surface area contributed by atoms with E-state index in [0.29, 0.717) is 17.7 Å². The topological polar surface area (TPSA) is 75.3 Å². The molecule has 1 heterocycles. The van der Waals surface area contributed by atoms with Crippen molar-refractivity contribution in [3.05, 3.63) is 65.2 Å². The van der Waals surface area contributed by atoms with E-state index in [4.69, 9.17) is 0 Å². The number of amides is 3. The molecule has 2 aromatic carbocycles. The van der Waals surface area contributed by atoms with Crippen molar-refractivity contribution in [2.75, 3.05) is 5.32 Å². The third kappa shape index (κ3) is 3.51. The van der Waals surface area contributed by atoms with E-state index in [9.17, 15) is 14.4 Å². The average molecular weight is 322 g/mol. The lowest BCUT2D eigenvalue weighted by Crippen LogP contribution is -2.22. The van der Waals surface area contributed by atoms with Gasteiger partial charge in [-0.2, -0.15) is 0 Å². The molecule has 2 N–H and O–H groups in total. The zero-order valence-corrected chi connectivity index (χ0v) is 13.3. The highest BCUT2D eigenvalue weighted by molar-refractivity contribution is 6.05. The predicted octanol–water partition coefficient (Wildman–Crippen LogP) is 2.45. The lowest BCUT2D eigenvalue weighted by molar-refractivity contribution is -0.125. The van der Waals surface area contributed by atoms with E-state index >= 15 is 0 Å². The van der Waals surface area contributed by atoms with Gasteiger partial charge < -0.3 is 5.32 Å². The monoisotopic (exact) mass is 322 g/mol. The zero-order chi connectivity index (χ0) is 17.1. The summed E-state index contributed by atoms with van der Waals surface area (Å²) < 4.78 is 0. The molecular weight excluding hydrogens is 304 g/mol. The van der Waals surface area contributed by atoms with Crippen molar-refractivity contribution in [2.45, 2.75) is 19.8 Å². The van der Waals surface area contributed by atoms with E-state index in [-0.39, 0.29) is 30.1 Å². The van der Waals surface area contributed by atoms with Crippen LogP contribution in [0.15, 0.2) is 48.5 Å². The minimum Gasteiger partial charge on any atom is -0.322 e. The molecule has 0 aromatic heterocycles. The number of hydrogen-bond donors (Lipinski definition) is 2. The quantitative estimate of drug-likeness (QED) is 0.849. The maximum atomic E-state index is 12.3. The number of anilines is 1. The van der Waals surface area contributed by atoms with Gasteiger partial charge in [0.2, 0.25) is 11.8 Å². The van der Waals surface area contributed by atoms with E-state index in [1.165, 1.54) is 0 Å². The van der Waals surface area contributed by atoms with Crippen LogP contribution in [0, 0.1) is 12.8 Å². The predicted molar refractivity (Wildman–Crippen MR) is 90.5 cm³/mol. The first-order valence-corrected chi connectivity index (χ1v) is 7.82. The molecule has 24 heavy (non-hydrogen) atoms. The number of rotatable bonds is 4. The largest absolute Gasteiger partial charge is 0.322 e. The van der Waals surface area contributed by atoms with E-state index in [0.717, 1.165) is 11.1 Å². The summed E-state index contributed by atoms with van der Waals surface area (Å²) in [5.41, 5.74) is 3.21. The van der Waals surface area contributed by atoms with Crippen molar-refractivity contribution in [3.8, 4) is 0 Å². The molecule has 0 radical (unpaired) electrons. The van der Waals surface area contributed by atoms with Gasteiger partial charge >= 0.3 is 0 Å². The molecule has 1 aliphatic heterocycles. The molecule has 1 saturated heterocycles. The summed E-state index contributed by atoms with van der Waals surface area (Å²) in [6.07, 6.45) is 0.758. The SMILES string of the molecule is Cc1ccccc1C(=O)Nc1ccc(C[C@@H]2CC(=O)NC2=O)cc1. The van der Waals surface area contributed by atoms with Gasteiger partial charge in [-0.25, -0.2) is 0 Å². The maximum Gasteiger partial charge on any atom is 0.255 e. The van der Waals surface area contributed by atoms with E-state index < -0.39 is 0 Å². The van der Waals surface area contributed by atoms with E-state index in [1.54, 1.807) is 18.2 Å². The minimum absolute atomic E-state index is 0.151. The Morgan fingerprint density at radius 1 is 1.12 bits per heavy atom. The van der Waals surface area contributed by atoms with Crippen molar-refractivity contribution in [2.24, 2.45) is 5.92 Å². The molecule has 1 aliphatic rings. The number of imide groups is 1. The first kappa shape index (κ1) is 15.9. The molecule has 0 unspecified atom stereocenters. The Balaban J connectivity index is 1.64. The summed E-state index contributed by atoms with van der Waals surface area (Å²) in [5.74, 6) is -0.879. The molecule has 1 atom stereocenters. The van der Waals surface area contributed by atoms with Crippen LogP contribution in [0.2, 0.25) is 0 Å². The zero-order valence-electron chi connectivity index (χ0n) is 13.3. The normalized spacial score (nSPS) is 16.8. The van der Waals surface area contributed by atoms with Gasteiger partial charge in [0.25, 0.3) is 5.91 Å². The summed E-state index contributed by atoms with van der Waals surface area (Å²) in [5, 5.41) is 5.18. The van der Waals surface area contributed by atoms with Crippen LogP contribution < -0.4 is 10.6 Å². The van der Waals surface area contributed by atoms with Gasteiger partial charge in [-0.3, -0.25) is 19.7 Å². The Labute approximate surface area is 140 Å². The summed E-state index contributed by atoms with van der Waals surface area (Å²) in [4.78, 5) is 35.1. The van der Waals surface area contributed by atoms with Crippen molar-refractivity contribution >= 4 is 23.4 Å². The number of carbonyl (C=O) groups is 3. The standard InChI is InChI=1S/C19H18N2O3/c1-12-4-2-3-5-16(12)19(24)20-15-8-6-13(7-9-15)10-14-11-17(22)21-18(14)23/h2-9,14H,10-11H2,1H3,(H,20,24)(H,21,22,23)/t14-/m1/s1. The van der Waals surface area contributed by atoms with Gasteiger partial charge in [-0.05, 0) is 42.7 Å². The molecule has 1 fully saturated rings. The fourth-order valence-electron chi connectivity index (χ4n) is 2.81. The van der Waals surface area contributed by atoms with Gasteiger partial charge in [0.15, 0.2) is 0 Å². The highest BCUT2D eigenvalue weighted by atomic mass is 16.2. The van der Waals surface area contributed by atoms with Gasteiger partial charge in [-0.15, -0.1) is 0 Å². The van der Waals surface area contributed by atoms with Crippen LogP contribution in [0.25, 0.3) is 0 Å². The second kappa shape index (κ2) is 6.66. The van der Waals surface area contributed by atoms with Crippen LogP contribution in [-0.4, -0.2) is 17.7 Å². The molecular formula is C19H18N2O3. The average Bonchev–Trinajstić information content (AvgIpc) is 2.87. The number of carbonyl (C=O) groups excluding carboxylic acids is 3. The Morgan fingerprint density at radius 2 is 1.83 bits per heavy atom. The van der Waals surface area contributed by atoms with Crippen LogP contribution in [0.1, 0.15) is 27.9 Å². The molecule has 3 rings (SSSR count). The lowest BCUT2D eigenvalue weighted by Gasteiger charge is -2.09. The van der Waals surface area contributed by atoms with Gasteiger partial charge in [0, 0.05) is 17.7 Å². The van der Waals surface area contributed by atoms with Crippen LogP contribution in [-0.2, 0) is 16.0 Å². The van der Waals surface area contributed by atoms with Gasteiger partial charge in [0.1, 0.15) is 0 Å². The van der Waals surface area contributed by atoms with E-state index in [1.807, 2.05) is 37.3 Å². The molecule has 3 amide bonds. The Bertz CT molecular complexity index is 797.